The molecule has 3 N–H and O–H groups in total. The van der Waals surface area contributed by atoms with Crippen molar-refractivity contribution in [3.8, 4) is 0 Å². The molecule has 0 spiro atoms. The van der Waals surface area contributed by atoms with Crippen LogP contribution in [0.5, 0.6) is 0 Å². The average Bonchev–Trinajstić information content (AvgIpc) is 2.16. The summed E-state index contributed by atoms with van der Waals surface area (Å²) < 4.78 is 1.01. The van der Waals surface area contributed by atoms with Crippen molar-refractivity contribution in [2.24, 2.45) is 11.1 Å². The maximum Gasteiger partial charge on any atom is 0.0500 e. The number of benzene rings is 1. The first kappa shape index (κ1) is 11.7. The van der Waals surface area contributed by atoms with Crippen molar-refractivity contribution >= 4 is 15.9 Å². The molecule has 0 fully saturated rings. The van der Waals surface area contributed by atoms with Crippen LogP contribution in [-0.2, 0) is 0 Å². The van der Waals surface area contributed by atoms with Crippen LogP contribution < -0.4 is 5.73 Å². The quantitative estimate of drug-likeness (QED) is 0.874. The highest BCUT2D eigenvalue weighted by Crippen LogP contribution is 2.31. The molecule has 78 valence electrons. The molecule has 0 amide bonds. The van der Waals surface area contributed by atoms with E-state index in [1.807, 2.05) is 38.1 Å². The molecule has 0 saturated carbocycles. The van der Waals surface area contributed by atoms with E-state index in [9.17, 15) is 5.11 Å². The molecule has 0 aliphatic carbocycles. The van der Waals surface area contributed by atoms with E-state index in [-0.39, 0.29) is 18.1 Å². The predicted molar refractivity (Wildman–Crippen MR) is 61.9 cm³/mol. The summed E-state index contributed by atoms with van der Waals surface area (Å²) in [5, 5.41) is 9.20. The molecule has 1 aromatic carbocycles. The molecule has 1 atom stereocenters. The van der Waals surface area contributed by atoms with Crippen LogP contribution in [0.1, 0.15) is 25.5 Å². The molecule has 2 nitrogen and oxygen atoms in total. The molecule has 0 aliphatic heterocycles. The summed E-state index contributed by atoms with van der Waals surface area (Å²) in [5.74, 6) is 0. The van der Waals surface area contributed by atoms with Gasteiger partial charge in [0, 0.05) is 22.5 Å². The van der Waals surface area contributed by atoms with Crippen LogP contribution in [-0.4, -0.2) is 11.7 Å². The van der Waals surface area contributed by atoms with Crippen LogP contribution in [0.3, 0.4) is 0 Å². The topological polar surface area (TPSA) is 46.2 Å². The molecular formula is C11H16BrNO. The van der Waals surface area contributed by atoms with Crippen molar-refractivity contribution in [3.63, 3.8) is 0 Å². The number of halogens is 1. The Morgan fingerprint density at radius 2 is 2.14 bits per heavy atom. The van der Waals surface area contributed by atoms with Gasteiger partial charge in [0.2, 0.25) is 0 Å². The molecule has 0 saturated heterocycles. The lowest BCUT2D eigenvalue weighted by molar-refractivity contribution is 0.132. The summed E-state index contributed by atoms with van der Waals surface area (Å²) in [4.78, 5) is 0. The standard InChI is InChI=1S/C11H16BrNO/c1-11(2,7-14)10(13)8-4-3-5-9(12)6-8/h3-6,10,14H,7,13H2,1-2H3/t10-/m0/s1. The molecule has 0 aliphatic rings. The smallest absolute Gasteiger partial charge is 0.0500 e. The predicted octanol–water partition coefficient (Wildman–Crippen LogP) is 2.47. The van der Waals surface area contributed by atoms with Gasteiger partial charge in [-0.25, -0.2) is 0 Å². The van der Waals surface area contributed by atoms with E-state index in [0.29, 0.717) is 0 Å². The summed E-state index contributed by atoms with van der Waals surface area (Å²) in [5.41, 5.74) is 6.82. The fourth-order valence-corrected chi connectivity index (χ4v) is 1.67. The molecule has 3 heteroatoms. The van der Waals surface area contributed by atoms with Crippen molar-refractivity contribution in [1.82, 2.24) is 0 Å². The number of nitrogens with two attached hydrogens (primary N) is 1. The molecule has 0 bridgehead atoms. The lowest BCUT2D eigenvalue weighted by Gasteiger charge is -2.29. The molecule has 0 radical (unpaired) electrons. The molecule has 0 aromatic heterocycles. The van der Waals surface area contributed by atoms with Crippen LogP contribution >= 0.6 is 15.9 Å². The Hall–Kier alpha value is -0.380. The summed E-state index contributed by atoms with van der Waals surface area (Å²) >= 11 is 3.40. The second-order valence-electron chi connectivity index (χ2n) is 4.18. The van der Waals surface area contributed by atoms with Gasteiger partial charge in [0.25, 0.3) is 0 Å². The molecule has 1 aromatic rings. The van der Waals surface area contributed by atoms with Crippen molar-refractivity contribution in [3.05, 3.63) is 34.3 Å². The minimum absolute atomic E-state index is 0.0840. The minimum Gasteiger partial charge on any atom is -0.396 e. The van der Waals surface area contributed by atoms with E-state index in [1.165, 1.54) is 0 Å². The number of rotatable bonds is 3. The molecule has 14 heavy (non-hydrogen) atoms. The van der Waals surface area contributed by atoms with Gasteiger partial charge >= 0.3 is 0 Å². The molecule has 1 rings (SSSR count). The largest absolute Gasteiger partial charge is 0.396 e. The lowest BCUT2D eigenvalue weighted by atomic mass is 9.82. The highest BCUT2D eigenvalue weighted by atomic mass is 79.9. The zero-order valence-electron chi connectivity index (χ0n) is 8.50. The second kappa shape index (κ2) is 4.43. The van der Waals surface area contributed by atoms with E-state index in [4.69, 9.17) is 5.73 Å². The Morgan fingerprint density at radius 1 is 1.50 bits per heavy atom. The Kier molecular flexibility index (Phi) is 3.70. The first-order valence-corrected chi connectivity index (χ1v) is 5.38. The van der Waals surface area contributed by atoms with Crippen molar-refractivity contribution < 1.29 is 5.11 Å². The highest BCUT2D eigenvalue weighted by Gasteiger charge is 2.26. The normalized spacial score (nSPS) is 14.1. The van der Waals surface area contributed by atoms with Gasteiger partial charge in [-0.1, -0.05) is 41.9 Å². The van der Waals surface area contributed by atoms with Crippen molar-refractivity contribution in [2.75, 3.05) is 6.61 Å². The summed E-state index contributed by atoms with van der Waals surface area (Å²) in [7, 11) is 0. The van der Waals surface area contributed by atoms with Gasteiger partial charge < -0.3 is 10.8 Å². The third-order valence-electron chi connectivity index (χ3n) is 2.46. The van der Waals surface area contributed by atoms with Gasteiger partial charge in [-0.3, -0.25) is 0 Å². The van der Waals surface area contributed by atoms with Crippen LogP contribution in [0.25, 0.3) is 0 Å². The Morgan fingerprint density at radius 3 is 2.64 bits per heavy atom. The van der Waals surface area contributed by atoms with Crippen LogP contribution in [0.15, 0.2) is 28.7 Å². The lowest BCUT2D eigenvalue weighted by Crippen LogP contribution is -2.32. The minimum atomic E-state index is -0.291. The van der Waals surface area contributed by atoms with Gasteiger partial charge in [0.05, 0.1) is 0 Å². The fourth-order valence-electron chi connectivity index (χ4n) is 1.25. The van der Waals surface area contributed by atoms with Gasteiger partial charge in [0.1, 0.15) is 0 Å². The molecular weight excluding hydrogens is 242 g/mol. The first-order chi connectivity index (χ1) is 6.47. The maximum absolute atomic E-state index is 9.20. The SMILES string of the molecule is CC(C)(CO)[C@@H](N)c1cccc(Br)c1. The second-order valence-corrected chi connectivity index (χ2v) is 5.10. The number of hydrogen-bond donors (Lipinski definition) is 2. The average molecular weight is 258 g/mol. The van der Waals surface area contributed by atoms with Crippen molar-refractivity contribution in [1.29, 1.82) is 0 Å². The maximum atomic E-state index is 9.20. The van der Waals surface area contributed by atoms with E-state index >= 15 is 0 Å². The van der Waals surface area contributed by atoms with Crippen LogP contribution in [0, 0.1) is 5.41 Å². The number of aliphatic hydroxyl groups is 1. The van der Waals surface area contributed by atoms with Crippen LogP contribution in [0.4, 0.5) is 0 Å². The summed E-state index contributed by atoms with van der Waals surface area (Å²) in [6.07, 6.45) is 0. The van der Waals surface area contributed by atoms with Crippen molar-refractivity contribution in [2.45, 2.75) is 19.9 Å². The molecule has 0 heterocycles. The van der Waals surface area contributed by atoms with Gasteiger partial charge in [-0.05, 0) is 17.7 Å². The number of hydrogen-bond acceptors (Lipinski definition) is 2. The van der Waals surface area contributed by atoms with E-state index in [0.717, 1.165) is 10.0 Å². The highest BCUT2D eigenvalue weighted by molar-refractivity contribution is 9.10. The fraction of sp³-hybridized carbons (Fsp3) is 0.455. The monoisotopic (exact) mass is 257 g/mol. The zero-order chi connectivity index (χ0) is 10.8. The first-order valence-electron chi connectivity index (χ1n) is 4.59. The third kappa shape index (κ3) is 2.56. The van der Waals surface area contributed by atoms with Gasteiger partial charge in [-0.15, -0.1) is 0 Å². The number of aliphatic hydroxyl groups excluding tert-OH is 1. The van der Waals surface area contributed by atoms with E-state index in [2.05, 4.69) is 15.9 Å². The Balaban J connectivity index is 2.94. The van der Waals surface area contributed by atoms with Gasteiger partial charge in [0.15, 0.2) is 0 Å². The Labute approximate surface area is 93.3 Å². The Bertz CT molecular complexity index is 312. The third-order valence-corrected chi connectivity index (χ3v) is 2.95. The summed E-state index contributed by atoms with van der Waals surface area (Å²) in [6, 6.07) is 7.73. The zero-order valence-corrected chi connectivity index (χ0v) is 10.1. The molecule has 0 unspecified atom stereocenters. The van der Waals surface area contributed by atoms with E-state index in [1.54, 1.807) is 0 Å². The van der Waals surface area contributed by atoms with Gasteiger partial charge in [-0.2, -0.15) is 0 Å². The van der Waals surface area contributed by atoms with E-state index < -0.39 is 0 Å². The van der Waals surface area contributed by atoms with Crippen LogP contribution in [0.2, 0.25) is 0 Å². The summed E-state index contributed by atoms with van der Waals surface area (Å²) in [6.45, 7) is 4.00.